The van der Waals surface area contributed by atoms with Crippen molar-refractivity contribution in [2.45, 2.75) is 5.25 Å². The summed E-state index contributed by atoms with van der Waals surface area (Å²) in [7, 11) is 2.00. The number of aromatic nitrogens is 1. The Morgan fingerprint density at radius 3 is 2.63 bits per heavy atom. The number of thioether (sulfide) groups is 1. The predicted molar refractivity (Wildman–Crippen MR) is 109 cm³/mol. The van der Waals surface area contributed by atoms with Gasteiger partial charge in [-0.25, -0.2) is 4.98 Å². The van der Waals surface area contributed by atoms with Crippen molar-refractivity contribution in [2.75, 3.05) is 25.1 Å². The number of nitrogens with one attached hydrogen (secondary N) is 1. The number of fused-ring (bicyclic) bond motifs is 1. The lowest BCUT2D eigenvalue weighted by Crippen LogP contribution is -2.23. The average Bonchev–Trinajstić information content (AvgIpc) is 3.25. The minimum Gasteiger partial charge on any atom is -0.492 e. The van der Waals surface area contributed by atoms with Crippen molar-refractivity contribution >= 4 is 49.6 Å². The number of amides is 2. The minimum atomic E-state index is -0.475. The number of hydrogen-bond acceptors (Lipinski definition) is 7. The van der Waals surface area contributed by atoms with Gasteiger partial charge in [0, 0.05) is 7.05 Å². The van der Waals surface area contributed by atoms with Crippen LogP contribution in [-0.4, -0.2) is 36.3 Å². The van der Waals surface area contributed by atoms with Crippen LogP contribution in [0, 0.1) is 0 Å². The van der Waals surface area contributed by atoms with E-state index in [9.17, 15) is 9.59 Å². The highest BCUT2D eigenvalue weighted by atomic mass is 32.2. The van der Waals surface area contributed by atoms with Gasteiger partial charge in [0.1, 0.15) is 17.6 Å². The highest BCUT2D eigenvalue weighted by Gasteiger charge is 2.32. The largest absolute Gasteiger partial charge is 0.492 e. The third-order valence-corrected chi connectivity index (χ3v) is 6.36. The number of carbonyl (C=O) groups is 2. The van der Waals surface area contributed by atoms with Gasteiger partial charge >= 0.3 is 0 Å². The van der Waals surface area contributed by atoms with Crippen molar-refractivity contribution in [2.24, 2.45) is 0 Å². The Balaban J connectivity index is 1.32. The lowest BCUT2D eigenvalue weighted by atomic mass is 10.1. The average molecular weight is 399 g/mol. The van der Waals surface area contributed by atoms with Crippen molar-refractivity contribution in [3.05, 3.63) is 54.1 Å². The number of rotatable bonds is 6. The van der Waals surface area contributed by atoms with Gasteiger partial charge in [0.25, 0.3) is 5.24 Å². The van der Waals surface area contributed by atoms with Crippen molar-refractivity contribution in [1.29, 1.82) is 0 Å². The monoisotopic (exact) mass is 399 g/mol. The van der Waals surface area contributed by atoms with Crippen LogP contribution in [0.3, 0.4) is 0 Å². The van der Waals surface area contributed by atoms with Gasteiger partial charge in [0.15, 0.2) is 5.13 Å². The van der Waals surface area contributed by atoms with E-state index in [1.807, 2.05) is 49.5 Å². The Labute approximate surface area is 164 Å². The number of likely N-dealkylation sites (N-methyl/N-ethyl adjacent to an activating group) is 1. The number of ether oxygens (including phenoxy) is 1. The first-order chi connectivity index (χ1) is 13.1. The molecule has 0 saturated carbocycles. The summed E-state index contributed by atoms with van der Waals surface area (Å²) in [5, 5.41) is 2.48. The van der Waals surface area contributed by atoms with Crippen LogP contribution in [0.15, 0.2) is 48.5 Å². The van der Waals surface area contributed by atoms with Crippen LogP contribution in [0.1, 0.15) is 10.8 Å². The number of benzene rings is 2. The van der Waals surface area contributed by atoms with E-state index < -0.39 is 5.25 Å². The van der Waals surface area contributed by atoms with Crippen LogP contribution in [0.5, 0.6) is 5.75 Å². The number of nitrogens with zero attached hydrogens (tertiary/aromatic N) is 2. The molecule has 0 bridgehead atoms. The lowest BCUT2D eigenvalue weighted by molar-refractivity contribution is -0.119. The molecule has 1 saturated heterocycles. The highest BCUT2D eigenvalue weighted by molar-refractivity contribution is 8.15. The first kappa shape index (κ1) is 17.8. The molecule has 2 heterocycles. The molecule has 1 aliphatic rings. The van der Waals surface area contributed by atoms with Gasteiger partial charge in [-0.05, 0) is 41.6 Å². The van der Waals surface area contributed by atoms with Crippen molar-refractivity contribution in [1.82, 2.24) is 10.3 Å². The zero-order valence-electron chi connectivity index (χ0n) is 14.5. The summed E-state index contributed by atoms with van der Waals surface area (Å²) in [5.41, 5.74) is 1.80. The summed E-state index contributed by atoms with van der Waals surface area (Å²) in [6.45, 7) is 1.22. The molecule has 138 valence electrons. The Hall–Kier alpha value is -2.58. The number of carbonyl (C=O) groups excluding carboxylic acids is 2. The number of anilines is 1. The van der Waals surface area contributed by atoms with Gasteiger partial charge in [0.05, 0.1) is 16.8 Å². The van der Waals surface area contributed by atoms with Crippen LogP contribution in [-0.2, 0) is 4.79 Å². The second-order valence-corrected chi connectivity index (χ2v) is 8.16. The molecule has 8 heteroatoms. The first-order valence-electron chi connectivity index (χ1n) is 8.41. The molecule has 1 unspecified atom stereocenters. The molecule has 2 amide bonds. The highest BCUT2D eigenvalue weighted by Crippen LogP contribution is 2.34. The number of hydrogen-bond donors (Lipinski definition) is 1. The standard InChI is InChI=1S/C19H17N3O3S2/c1-22(18-20-14-4-2-3-5-15(14)26-18)10-11-25-13-8-6-12(7-9-13)16-17(23)21-19(24)27-16/h2-9,16H,10-11H2,1H3,(H,21,23,24). The zero-order valence-corrected chi connectivity index (χ0v) is 16.2. The molecule has 27 heavy (non-hydrogen) atoms. The van der Waals surface area contributed by atoms with Gasteiger partial charge in [-0.1, -0.05) is 35.6 Å². The van der Waals surface area contributed by atoms with E-state index in [2.05, 4.69) is 21.3 Å². The van der Waals surface area contributed by atoms with E-state index in [1.54, 1.807) is 11.3 Å². The molecule has 2 aromatic carbocycles. The fourth-order valence-electron chi connectivity index (χ4n) is 2.73. The number of para-hydroxylation sites is 1. The van der Waals surface area contributed by atoms with E-state index in [4.69, 9.17) is 4.74 Å². The second kappa shape index (κ2) is 7.58. The molecule has 6 nitrogen and oxygen atoms in total. The molecule has 0 radical (unpaired) electrons. The minimum absolute atomic E-state index is 0.267. The van der Waals surface area contributed by atoms with E-state index in [0.717, 1.165) is 33.7 Å². The summed E-state index contributed by atoms with van der Waals surface area (Å²) >= 11 is 2.66. The summed E-state index contributed by atoms with van der Waals surface area (Å²) in [6, 6.07) is 15.4. The Bertz CT molecular complexity index is 954. The third-order valence-electron chi connectivity index (χ3n) is 4.18. The van der Waals surface area contributed by atoms with Gasteiger partial charge < -0.3 is 9.64 Å². The molecule has 0 spiro atoms. The van der Waals surface area contributed by atoms with Crippen LogP contribution in [0.4, 0.5) is 9.93 Å². The zero-order chi connectivity index (χ0) is 18.8. The van der Waals surface area contributed by atoms with E-state index in [0.29, 0.717) is 13.2 Å². The number of imide groups is 1. The Kier molecular flexibility index (Phi) is 5.00. The van der Waals surface area contributed by atoms with Gasteiger partial charge in [0.2, 0.25) is 5.91 Å². The topological polar surface area (TPSA) is 71.5 Å². The maximum Gasteiger partial charge on any atom is 0.286 e. The maximum absolute atomic E-state index is 11.7. The van der Waals surface area contributed by atoms with E-state index >= 15 is 0 Å². The Morgan fingerprint density at radius 1 is 1.15 bits per heavy atom. The molecule has 1 atom stereocenters. The van der Waals surface area contributed by atoms with Gasteiger partial charge in [-0.3, -0.25) is 14.9 Å². The molecule has 1 fully saturated rings. The van der Waals surface area contributed by atoms with Crippen LogP contribution >= 0.6 is 23.1 Å². The number of thiazole rings is 1. The Morgan fingerprint density at radius 2 is 1.93 bits per heavy atom. The quantitative estimate of drug-likeness (QED) is 0.679. The van der Waals surface area contributed by atoms with E-state index in [-0.39, 0.29) is 11.1 Å². The molecule has 1 aromatic heterocycles. The fourth-order valence-corrected chi connectivity index (χ4v) is 4.52. The van der Waals surface area contributed by atoms with Gasteiger partial charge in [-0.15, -0.1) is 0 Å². The summed E-state index contributed by atoms with van der Waals surface area (Å²) in [5.74, 6) is 0.460. The van der Waals surface area contributed by atoms with Gasteiger partial charge in [-0.2, -0.15) is 0 Å². The van der Waals surface area contributed by atoms with E-state index in [1.165, 1.54) is 4.70 Å². The molecular weight excluding hydrogens is 382 g/mol. The van der Waals surface area contributed by atoms with Crippen molar-refractivity contribution in [3.8, 4) is 5.75 Å². The molecule has 3 aromatic rings. The normalized spacial score (nSPS) is 16.6. The molecule has 1 N–H and O–H groups in total. The fraction of sp³-hybridized carbons (Fsp3) is 0.211. The van der Waals surface area contributed by atoms with Crippen molar-refractivity contribution < 1.29 is 14.3 Å². The summed E-state index contributed by atoms with van der Waals surface area (Å²) in [6.07, 6.45) is 0. The second-order valence-electron chi connectivity index (χ2n) is 6.08. The van der Waals surface area contributed by atoms with Crippen LogP contribution in [0.25, 0.3) is 10.2 Å². The molecule has 1 aliphatic heterocycles. The van der Waals surface area contributed by atoms with Crippen LogP contribution in [0.2, 0.25) is 0 Å². The smallest absolute Gasteiger partial charge is 0.286 e. The maximum atomic E-state index is 11.7. The molecular formula is C19H17N3O3S2. The summed E-state index contributed by atoms with van der Waals surface area (Å²) in [4.78, 5) is 29.7. The SMILES string of the molecule is CN(CCOc1ccc(C2SC(=O)NC2=O)cc1)c1nc2ccccc2s1. The lowest BCUT2D eigenvalue weighted by Gasteiger charge is -2.16. The molecule has 4 rings (SSSR count). The predicted octanol–water partition coefficient (Wildman–Crippen LogP) is 3.84. The van der Waals surface area contributed by atoms with Crippen LogP contribution < -0.4 is 15.0 Å². The molecule has 0 aliphatic carbocycles. The van der Waals surface area contributed by atoms with Crippen molar-refractivity contribution in [3.63, 3.8) is 0 Å². The third kappa shape index (κ3) is 3.91. The summed E-state index contributed by atoms with van der Waals surface area (Å²) < 4.78 is 6.97. The first-order valence-corrected chi connectivity index (χ1v) is 10.1.